The zero-order valence-electron chi connectivity index (χ0n) is 10.5. The molecule has 19 heavy (non-hydrogen) atoms. The molecule has 0 atom stereocenters. The predicted molar refractivity (Wildman–Crippen MR) is 65.9 cm³/mol. The minimum atomic E-state index is -3.49. The molecule has 0 unspecified atom stereocenters. The second-order valence-electron chi connectivity index (χ2n) is 3.97. The first-order valence-corrected chi connectivity index (χ1v) is 5.79. The van der Waals surface area contributed by atoms with Crippen LogP contribution >= 0.6 is 0 Å². The van der Waals surface area contributed by atoms with Crippen molar-refractivity contribution in [3.05, 3.63) is 30.3 Å². The lowest BCUT2D eigenvalue weighted by Gasteiger charge is -2.15. The Kier molecular flexibility index (Phi) is 5.41. The number of carbonyl (C=O) groups excluding carboxylic acids is 2. The zero-order valence-corrected chi connectivity index (χ0v) is 10.5. The van der Waals surface area contributed by atoms with Crippen LogP contribution in [0.2, 0.25) is 0 Å². The van der Waals surface area contributed by atoms with E-state index < -0.39 is 24.2 Å². The van der Waals surface area contributed by atoms with E-state index in [-0.39, 0.29) is 13.0 Å². The van der Waals surface area contributed by atoms with Gasteiger partial charge in [0.2, 0.25) is 0 Å². The molecule has 0 saturated carbocycles. The monoisotopic (exact) mass is 271 g/mol. The number of nitrogens with one attached hydrogen (secondary N) is 1. The maximum atomic E-state index is 13.5. The molecule has 1 N–H and O–H groups in total. The van der Waals surface area contributed by atoms with E-state index in [0.717, 1.165) is 0 Å². The molecule has 1 rings (SSSR count). The molecule has 6 heteroatoms. The zero-order chi connectivity index (χ0) is 14.3. The Morgan fingerprint density at radius 3 is 2.47 bits per heavy atom. The number of hydrogen-bond acceptors (Lipinski definition) is 3. The summed E-state index contributed by atoms with van der Waals surface area (Å²) in [6.07, 6.45) is -0.742. The van der Waals surface area contributed by atoms with Gasteiger partial charge in [-0.05, 0) is 18.6 Å². The molecule has 0 heterocycles. The van der Waals surface area contributed by atoms with E-state index in [0.29, 0.717) is 5.69 Å². The van der Waals surface area contributed by atoms with Gasteiger partial charge in [0.25, 0.3) is 5.91 Å². The molecule has 0 aliphatic carbocycles. The number of alkyl halides is 2. The second-order valence-corrected chi connectivity index (χ2v) is 3.97. The molecular weight excluding hydrogens is 256 g/mol. The molecular formula is C13H15F2NO3. The predicted octanol–water partition coefficient (Wildman–Crippen LogP) is 2.60. The Morgan fingerprint density at radius 2 is 1.89 bits per heavy atom. The Bertz CT molecular complexity index is 435. The minimum absolute atomic E-state index is 0.0746. The van der Waals surface area contributed by atoms with Crippen LogP contribution in [-0.2, 0) is 14.3 Å². The summed E-state index contributed by atoms with van der Waals surface area (Å²) in [5.74, 6) is -5.38. The van der Waals surface area contributed by atoms with E-state index in [1.54, 1.807) is 18.2 Å². The number of ether oxygens (including phenoxy) is 1. The first-order valence-electron chi connectivity index (χ1n) is 5.79. The van der Waals surface area contributed by atoms with E-state index in [1.807, 2.05) is 0 Å². The normalized spacial score (nSPS) is 10.9. The summed E-state index contributed by atoms with van der Waals surface area (Å²) in [6, 6.07) is 8.02. The lowest BCUT2D eigenvalue weighted by atomic mass is 10.1. The third-order valence-corrected chi connectivity index (χ3v) is 2.30. The quantitative estimate of drug-likeness (QED) is 0.639. The highest BCUT2D eigenvalue weighted by molar-refractivity contribution is 5.95. The number of carbonyl (C=O) groups is 2. The number of halogens is 2. The van der Waals surface area contributed by atoms with Crippen LogP contribution in [0.25, 0.3) is 0 Å². The second kappa shape index (κ2) is 6.82. The lowest BCUT2D eigenvalue weighted by molar-refractivity contribution is -0.143. The molecule has 1 aromatic carbocycles. The maximum absolute atomic E-state index is 13.5. The standard InChI is InChI=1S/C13H15F2NO3/c1-10(17)19-9-5-8-13(14,15)12(18)16-11-6-3-2-4-7-11/h2-4,6-7H,5,8-9H2,1H3,(H,16,18). The van der Waals surface area contributed by atoms with Gasteiger partial charge in [-0.25, -0.2) is 0 Å². The highest BCUT2D eigenvalue weighted by Crippen LogP contribution is 2.22. The first-order chi connectivity index (χ1) is 8.92. The molecule has 0 saturated heterocycles. The maximum Gasteiger partial charge on any atom is 0.325 e. The molecule has 0 aromatic heterocycles. The number of esters is 1. The topological polar surface area (TPSA) is 55.4 Å². The third-order valence-electron chi connectivity index (χ3n) is 2.30. The smallest absolute Gasteiger partial charge is 0.325 e. The van der Waals surface area contributed by atoms with Crippen LogP contribution in [0.3, 0.4) is 0 Å². The number of hydrogen-bond donors (Lipinski definition) is 1. The van der Waals surface area contributed by atoms with Crippen molar-refractivity contribution in [1.29, 1.82) is 0 Å². The largest absolute Gasteiger partial charge is 0.466 e. The Hall–Kier alpha value is -1.98. The number of para-hydroxylation sites is 1. The van der Waals surface area contributed by atoms with Crippen LogP contribution in [0.4, 0.5) is 14.5 Å². The van der Waals surface area contributed by atoms with Gasteiger partial charge in [-0.15, -0.1) is 0 Å². The van der Waals surface area contributed by atoms with Crippen molar-refractivity contribution in [2.45, 2.75) is 25.7 Å². The Labute approximate surface area is 109 Å². The molecule has 0 fully saturated rings. The fraction of sp³-hybridized carbons (Fsp3) is 0.385. The van der Waals surface area contributed by atoms with Crippen LogP contribution < -0.4 is 5.32 Å². The minimum Gasteiger partial charge on any atom is -0.466 e. The van der Waals surface area contributed by atoms with Crippen LogP contribution in [0, 0.1) is 0 Å². The van der Waals surface area contributed by atoms with Gasteiger partial charge >= 0.3 is 11.9 Å². The number of benzene rings is 1. The summed E-state index contributed by atoms with van der Waals surface area (Å²) in [7, 11) is 0. The molecule has 1 aromatic rings. The molecule has 0 bridgehead atoms. The van der Waals surface area contributed by atoms with E-state index in [4.69, 9.17) is 0 Å². The van der Waals surface area contributed by atoms with Gasteiger partial charge < -0.3 is 10.1 Å². The van der Waals surface area contributed by atoms with Gasteiger partial charge in [-0.3, -0.25) is 9.59 Å². The van der Waals surface area contributed by atoms with Gasteiger partial charge in [0, 0.05) is 19.0 Å². The van der Waals surface area contributed by atoms with Crippen molar-refractivity contribution < 1.29 is 23.1 Å². The molecule has 4 nitrogen and oxygen atoms in total. The molecule has 0 spiro atoms. The van der Waals surface area contributed by atoms with Crippen molar-refractivity contribution in [2.75, 3.05) is 11.9 Å². The fourth-order valence-corrected chi connectivity index (χ4v) is 1.37. The summed E-state index contributed by atoms with van der Waals surface area (Å²) in [6.45, 7) is 1.07. The summed E-state index contributed by atoms with van der Waals surface area (Å²) in [4.78, 5) is 21.8. The van der Waals surface area contributed by atoms with E-state index >= 15 is 0 Å². The van der Waals surface area contributed by atoms with Crippen molar-refractivity contribution in [2.24, 2.45) is 0 Å². The summed E-state index contributed by atoms with van der Waals surface area (Å²) in [5.41, 5.74) is 0.312. The fourth-order valence-electron chi connectivity index (χ4n) is 1.37. The highest BCUT2D eigenvalue weighted by atomic mass is 19.3. The molecule has 104 valence electrons. The van der Waals surface area contributed by atoms with Crippen molar-refractivity contribution >= 4 is 17.6 Å². The SMILES string of the molecule is CC(=O)OCCCC(F)(F)C(=O)Nc1ccccc1. The highest BCUT2D eigenvalue weighted by Gasteiger charge is 2.38. The number of anilines is 1. The first kappa shape index (κ1) is 15.1. The molecule has 0 radical (unpaired) electrons. The molecule has 0 aliphatic rings. The Morgan fingerprint density at radius 1 is 1.26 bits per heavy atom. The average Bonchev–Trinajstić information content (AvgIpc) is 2.35. The van der Waals surface area contributed by atoms with Gasteiger partial charge in [-0.1, -0.05) is 18.2 Å². The summed E-state index contributed by atoms with van der Waals surface area (Å²) >= 11 is 0. The van der Waals surface area contributed by atoms with Crippen molar-refractivity contribution in [3.8, 4) is 0 Å². The van der Waals surface area contributed by atoms with Gasteiger partial charge in [-0.2, -0.15) is 8.78 Å². The number of rotatable bonds is 6. The van der Waals surface area contributed by atoms with Gasteiger partial charge in [0.15, 0.2) is 0 Å². The van der Waals surface area contributed by atoms with Crippen LogP contribution in [0.15, 0.2) is 30.3 Å². The lowest BCUT2D eigenvalue weighted by Crippen LogP contribution is -2.34. The van der Waals surface area contributed by atoms with Crippen molar-refractivity contribution in [3.63, 3.8) is 0 Å². The Balaban J connectivity index is 2.43. The van der Waals surface area contributed by atoms with Crippen LogP contribution in [-0.4, -0.2) is 24.4 Å². The number of amides is 1. The average molecular weight is 271 g/mol. The van der Waals surface area contributed by atoms with Crippen molar-refractivity contribution in [1.82, 2.24) is 0 Å². The van der Waals surface area contributed by atoms with E-state index in [2.05, 4.69) is 10.1 Å². The van der Waals surface area contributed by atoms with E-state index in [1.165, 1.54) is 19.1 Å². The summed E-state index contributed by atoms with van der Waals surface area (Å²) in [5, 5.41) is 2.14. The van der Waals surface area contributed by atoms with Gasteiger partial charge in [0.05, 0.1) is 6.61 Å². The summed E-state index contributed by atoms with van der Waals surface area (Å²) < 4.78 is 31.5. The molecule has 1 amide bonds. The van der Waals surface area contributed by atoms with E-state index in [9.17, 15) is 18.4 Å². The van der Waals surface area contributed by atoms with Crippen LogP contribution in [0.5, 0.6) is 0 Å². The van der Waals surface area contributed by atoms with Gasteiger partial charge in [0.1, 0.15) is 0 Å². The van der Waals surface area contributed by atoms with Crippen LogP contribution in [0.1, 0.15) is 19.8 Å². The molecule has 0 aliphatic heterocycles. The third kappa shape index (κ3) is 5.46.